The molecule has 5 heteroatoms. The van der Waals surface area contributed by atoms with Gasteiger partial charge in [0.2, 0.25) is 0 Å². The number of aryl methyl sites for hydroxylation is 1. The lowest BCUT2D eigenvalue weighted by atomic mass is 9.80. The van der Waals surface area contributed by atoms with Gasteiger partial charge in [0.1, 0.15) is 0 Å². The van der Waals surface area contributed by atoms with Gasteiger partial charge in [0.05, 0.1) is 6.10 Å². The molecule has 0 saturated carbocycles. The zero-order valence-corrected chi connectivity index (χ0v) is 21.3. The van der Waals surface area contributed by atoms with Crippen LogP contribution in [-0.4, -0.2) is 47.9 Å². The molecule has 37 heavy (non-hydrogen) atoms. The first-order valence-corrected chi connectivity index (χ1v) is 13.5. The smallest absolute Gasteiger partial charge is 0.251 e. The van der Waals surface area contributed by atoms with E-state index in [2.05, 4.69) is 40.5 Å². The summed E-state index contributed by atoms with van der Waals surface area (Å²) in [5.74, 6) is 0.687. The van der Waals surface area contributed by atoms with Gasteiger partial charge < -0.3 is 15.3 Å². The highest BCUT2D eigenvalue weighted by Crippen LogP contribution is 2.31. The molecule has 1 heterocycles. The Labute approximate surface area is 219 Å². The average molecular weight is 497 g/mol. The van der Waals surface area contributed by atoms with E-state index >= 15 is 0 Å². The molecule has 1 saturated heterocycles. The average Bonchev–Trinajstić information content (AvgIpc) is 2.96. The van der Waals surface area contributed by atoms with Gasteiger partial charge in [-0.3, -0.25) is 9.59 Å². The third-order valence-electron chi connectivity index (χ3n) is 8.06. The number of nitrogens with one attached hydrogen (secondary N) is 1. The fourth-order valence-corrected chi connectivity index (χ4v) is 5.78. The summed E-state index contributed by atoms with van der Waals surface area (Å²) >= 11 is 0. The summed E-state index contributed by atoms with van der Waals surface area (Å²) in [6, 6.07) is 25.5. The van der Waals surface area contributed by atoms with E-state index in [-0.39, 0.29) is 24.2 Å². The van der Waals surface area contributed by atoms with Crippen LogP contribution >= 0.6 is 0 Å². The number of carbonyl (C=O) groups is 2. The second kappa shape index (κ2) is 11.8. The molecule has 3 aromatic carbocycles. The number of aliphatic hydroxyl groups excluding tert-OH is 1. The minimum atomic E-state index is -0.755. The van der Waals surface area contributed by atoms with E-state index in [4.69, 9.17) is 0 Å². The van der Waals surface area contributed by atoms with E-state index in [0.717, 1.165) is 55.6 Å². The van der Waals surface area contributed by atoms with Crippen molar-refractivity contribution in [2.24, 2.45) is 5.92 Å². The molecule has 2 N–H and O–H groups in total. The van der Waals surface area contributed by atoms with Crippen molar-refractivity contribution >= 4 is 11.7 Å². The number of fused-ring (bicyclic) bond motifs is 1. The Balaban J connectivity index is 1.11. The summed E-state index contributed by atoms with van der Waals surface area (Å²) in [7, 11) is 0. The van der Waals surface area contributed by atoms with Crippen LogP contribution in [0.4, 0.5) is 0 Å². The van der Waals surface area contributed by atoms with E-state index in [1.165, 1.54) is 18.4 Å². The van der Waals surface area contributed by atoms with Crippen molar-refractivity contribution in [1.29, 1.82) is 0 Å². The molecule has 0 aromatic heterocycles. The summed E-state index contributed by atoms with van der Waals surface area (Å²) < 4.78 is 0. The van der Waals surface area contributed by atoms with Crippen molar-refractivity contribution in [2.45, 2.75) is 44.1 Å². The minimum Gasteiger partial charge on any atom is -0.387 e. The number of hydrogen-bond donors (Lipinski definition) is 2. The highest BCUT2D eigenvalue weighted by molar-refractivity contribution is 6.02. The number of rotatable bonds is 8. The van der Waals surface area contributed by atoms with E-state index in [1.807, 2.05) is 42.5 Å². The first kappa shape index (κ1) is 25.4. The first-order valence-electron chi connectivity index (χ1n) is 13.5. The van der Waals surface area contributed by atoms with Crippen LogP contribution in [0.5, 0.6) is 0 Å². The van der Waals surface area contributed by atoms with Crippen LogP contribution < -0.4 is 5.32 Å². The zero-order valence-electron chi connectivity index (χ0n) is 21.3. The molecule has 1 aliphatic carbocycles. The van der Waals surface area contributed by atoms with Crippen LogP contribution in [0, 0.1) is 5.92 Å². The molecular formula is C32H36N2O3. The van der Waals surface area contributed by atoms with Crippen molar-refractivity contribution in [3.05, 3.63) is 107 Å². The number of aliphatic hydroxyl groups is 1. The normalized spacial score (nSPS) is 19.3. The van der Waals surface area contributed by atoms with E-state index < -0.39 is 6.10 Å². The quantitative estimate of drug-likeness (QED) is 0.452. The molecule has 3 aromatic rings. The van der Waals surface area contributed by atoms with E-state index in [9.17, 15) is 14.7 Å². The van der Waals surface area contributed by atoms with Gasteiger partial charge in [-0.05, 0) is 86.5 Å². The molecule has 2 aliphatic rings. The van der Waals surface area contributed by atoms with Gasteiger partial charge in [-0.2, -0.15) is 0 Å². The maximum Gasteiger partial charge on any atom is 0.251 e. The number of carbonyl (C=O) groups excluding carboxylic acids is 2. The van der Waals surface area contributed by atoms with Crippen molar-refractivity contribution in [3.63, 3.8) is 0 Å². The van der Waals surface area contributed by atoms with E-state index in [0.29, 0.717) is 11.5 Å². The lowest BCUT2D eigenvalue weighted by Gasteiger charge is -2.33. The van der Waals surface area contributed by atoms with Crippen LogP contribution in [-0.2, 0) is 6.42 Å². The number of piperidine rings is 1. The minimum absolute atomic E-state index is 0.0556. The maximum atomic E-state index is 13.2. The molecule has 2 atom stereocenters. The van der Waals surface area contributed by atoms with E-state index in [1.54, 1.807) is 6.07 Å². The number of benzene rings is 3. The summed E-state index contributed by atoms with van der Waals surface area (Å²) in [6.45, 7) is 3.30. The van der Waals surface area contributed by atoms with Crippen LogP contribution in [0.1, 0.15) is 75.1 Å². The predicted octanol–water partition coefficient (Wildman–Crippen LogP) is 5.16. The molecule has 5 nitrogen and oxygen atoms in total. The number of hydrogen-bond acceptors (Lipinski definition) is 4. The predicted molar refractivity (Wildman–Crippen MR) is 146 cm³/mol. The van der Waals surface area contributed by atoms with Gasteiger partial charge in [0.15, 0.2) is 5.78 Å². The zero-order chi connectivity index (χ0) is 25.6. The van der Waals surface area contributed by atoms with Gasteiger partial charge in [-0.25, -0.2) is 0 Å². The first-order chi connectivity index (χ1) is 18.1. The largest absolute Gasteiger partial charge is 0.387 e. The Hall–Kier alpha value is -3.28. The standard InChI is InChI=1S/C32H36N2O3/c35-30(25-9-5-2-6-10-25)22-33-32(37)28-13-14-29-27(21-28)12-11-26(31(29)36)17-20-34-18-15-24(16-19-34)23-7-3-1-4-8-23/h1-10,13-14,21,24,26,30,35H,11-12,15-20,22H2,(H,33,37). The third kappa shape index (κ3) is 6.17. The topological polar surface area (TPSA) is 69.6 Å². The van der Waals surface area contributed by atoms with Crippen LogP contribution in [0.3, 0.4) is 0 Å². The molecule has 5 rings (SSSR count). The molecule has 0 spiro atoms. The molecular weight excluding hydrogens is 460 g/mol. The molecule has 2 unspecified atom stereocenters. The highest BCUT2D eigenvalue weighted by atomic mass is 16.3. The third-order valence-corrected chi connectivity index (χ3v) is 8.06. The highest BCUT2D eigenvalue weighted by Gasteiger charge is 2.29. The molecule has 0 bridgehead atoms. The van der Waals surface area contributed by atoms with Crippen LogP contribution in [0.25, 0.3) is 0 Å². The van der Waals surface area contributed by atoms with Gasteiger partial charge >= 0.3 is 0 Å². The number of nitrogens with zero attached hydrogens (tertiary/aromatic N) is 1. The molecule has 192 valence electrons. The lowest BCUT2D eigenvalue weighted by Crippen LogP contribution is -2.36. The van der Waals surface area contributed by atoms with Crippen LogP contribution in [0.15, 0.2) is 78.9 Å². The summed E-state index contributed by atoms with van der Waals surface area (Å²) in [4.78, 5) is 28.4. The van der Waals surface area contributed by atoms with Gasteiger partial charge in [0, 0.05) is 23.6 Å². The number of ketones is 1. The number of likely N-dealkylation sites (tertiary alicyclic amines) is 1. The second-order valence-electron chi connectivity index (χ2n) is 10.4. The Morgan fingerprint density at radius 2 is 1.65 bits per heavy atom. The van der Waals surface area contributed by atoms with Crippen molar-refractivity contribution in [2.75, 3.05) is 26.2 Å². The van der Waals surface area contributed by atoms with Crippen molar-refractivity contribution in [1.82, 2.24) is 10.2 Å². The van der Waals surface area contributed by atoms with Crippen molar-refractivity contribution in [3.8, 4) is 0 Å². The SMILES string of the molecule is O=C(NCC(O)c1ccccc1)c1ccc2c(c1)CCC(CCN1CCC(c3ccccc3)CC1)C2=O. The Morgan fingerprint density at radius 3 is 2.38 bits per heavy atom. The van der Waals surface area contributed by atoms with Crippen molar-refractivity contribution < 1.29 is 14.7 Å². The molecule has 1 aliphatic heterocycles. The monoisotopic (exact) mass is 496 g/mol. The van der Waals surface area contributed by atoms with Crippen LogP contribution in [0.2, 0.25) is 0 Å². The lowest BCUT2D eigenvalue weighted by molar-refractivity contribution is 0.0874. The summed E-state index contributed by atoms with van der Waals surface area (Å²) in [6.07, 6.45) is 4.15. The Kier molecular flexibility index (Phi) is 8.12. The molecule has 1 fully saturated rings. The maximum absolute atomic E-state index is 13.2. The van der Waals surface area contributed by atoms with Gasteiger partial charge in [0.25, 0.3) is 5.91 Å². The fourth-order valence-electron chi connectivity index (χ4n) is 5.78. The molecule has 1 amide bonds. The molecule has 0 radical (unpaired) electrons. The number of amides is 1. The fraction of sp³-hybridized carbons (Fsp3) is 0.375. The summed E-state index contributed by atoms with van der Waals surface area (Å²) in [5.41, 5.74) is 4.47. The second-order valence-corrected chi connectivity index (χ2v) is 10.4. The Bertz CT molecular complexity index is 1200. The number of Topliss-reactive ketones (excluding diaryl/α,β-unsaturated/α-hetero) is 1. The Morgan fingerprint density at radius 1 is 0.946 bits per heavy atom. The van der Waals surface area contributed by atoms with Gasteiger partial charge in [-0.15, -0.1) is 0 Å². The van der Waals surface area contributed by atoms with Gasteiger partial charge in [-0.1, -0.05) is 66.7 Å². The summed E-state index contributed by atoms with van der Waals surface area (Å²) in [5, 5.41) is 13.1.